The van der Waals surface area contributed by atoms with Gasteiger partial charge in [0.2, 0.25) is 23.6 Å². The van der Waals surface area contributed by atoms with Gasteiger partial charge in [-0.15, -0.1) is 0 Å². The Balaban J connectivity index is 1.39. The molecular weight excluding hydrogens is 452 g/mol. The van der Waals surface area contributed by atoms with E-state index in [1.807, 2.05) is 19.9 Å². The van der Waals surface area contributed by atoms with E-state index in [0.717, 1.165) is 0 Å². The first-order valence-corrected chi connectivity index (χ1v) is 11.9. The van der Waals surface area contributed by atoms with E-state index in [9.17, 15) is 24.0 Å². The monoisotopic (exact) mass is 484 g/mol. The van der Waals surface area contributed by atoms with Gasteiger partial charge < -0.3 is 31.9 Å². The van der Waals surface area contributed by atoms with E-state index in [1.54, 1.807) is 24.3 Å². The molecule has 1 saturated carbocycles. The van der Waals surface area contributed by atoms with Crippen LogP contribution in [0.4, 0.5) is 10.5 Å². The largest absolute Gasteiger partial charge is 0.368 e. The van der Waals surface area contributed by atoms with E-state index in [4.69, 9.17) is 5.73 Å². The Labute approximate surface area is 203 Å². The summed E-state index contributed by atoms with van der Waals surface area (Å²) in [5.74, 6) is -2.05. The fourth-order valence-corrected chi connectivity index (χ4v) is 5.46. The average molecular weight is 485 g/mol. The minimum absolute atomic E-state index is 0.0621. The van der Waals surface area contributed by atoms with Crippen molar-refractivity contribution in [2.24, 2.45) is 28.9 Å². The Morgan fingerprint density at radius 2 is 1.91 bits per heavy atom. The third-order valence-electron chi connectivity index (χ3n) is 7.57. The van der Waals surface area contributed by atoms with Crippen molar-refractivity contribution in [3.8, 4) is 0 Å². The van der Waals surface area contributed by atoms with E-state index < -0.39 is 35.8 Å². The minimum atomic E-state index is -1.01. The maximum absolute atomic E-state index is 13.3. The molecule has 6 amide bonds. The molecule has 1 aromatic rings. The number of nitrogens with zero attached hydrogens (tertiary/aromatic N) is 1. The minimum Gasteiger partial charge on any atom is -0.368 e. The first-order chi connectivity index (χ1) is 16.6. The Hall–Kier alpha value is -3.63. The Bertz CT molecular complexity index is 1030. The zero-order valence-electron chi connectivity index (χ0n) is 19.9. The lowest BCUT2D eigenvalue weighted by atomic mass is 9.96. The lowest BCUT2D eigenvalue weighted by molar-refractivity contribution is -0.140. The van der Waals surface area contributed by atoms with Crippen LogP contribution in [0, 0.1) is 23.2 Å². The number of likely N-dealkylation sites (tertiary alicyclic amines) is 1. The summed E-state index contributed by atoms with van der Waals surface area (Å²) in [7, 11) is 0. The summed E-state index contributed by atoms with van der Waals surface area (Å²) in [5, 5.41) is 10.6. The van der Waals surface area contributed by atoms with Crippen LogP contribution in [-0.4, -0.2) is 66.3 Å². The fourth-order valence-electron chi connectivity index (χ4n) is 5.46. The number of piperidine rings is 1. The second-order valence-electron chi connectivity index (χ2n) is 10.1. The molecule has 0 unspecified atom stereocenters. The zero-order chi connectivity index (χ0) is 25.3. The number of nitrogens with two attached hydrogens (primary N) is 1. The summed E-state index contributed by atoms with van der Waals surface area (Å²) >= 11 is 0. The summed E-state index contributed by atoms with van der Waals surface area (Å²) in [6, 6.07) is 6.51. The van der Waals surface area contributed by atoms with Gasteiger partial charge in [0.05, 0.1) is 6.54 Å². The predicted molar refractivity (Wildman–Crippen MR) is 127 cm³/mol. The van der Waals surface area contributed by atoms with Gasteiger partial charge in [0.1, 0.15) is 12.1 Å². The summed E-state index contributed by atoms with van der Waals surface area (Å²) < 4.78 is 0. The number of para-hydroxylation sites is 1. The van der Waals surface area contributed by atoms with E-state index in [2.05, 4.69) is 21.3 Å². The standard InChI is InChI=1S/C24H32N6O5/c1-24(2)15-12-30(17(31)11-27-23(35)28-14-6-4-3-5-7-14)19(18(15)24)22(34)29-16(20(25)32)10-13-8-9-26-21(13)33/h3-7,13,15-16,18-19H,8-12H2,1-2H3,(H2,25,32)(H,26,33)(H,29,34)(H2,27,28,35)/t13-,15-,16-,18-,19-/m0/s1. The number of nitrogens with one attached hydrogen (secondary N) is 4. The highest BCUT2D eigenvalue weighted by atomic mass is 16.2. The number of anilines is 1. The van der Waals surface area contributed by atoms with Crippen LogP contribution in [0.3, 0.4) is 0 Å². The average Bonchev–Trinajstić information content (AvgIpc) is 3.17. The van der Waals surface area contributed by atoms with Gasteiger partial charge in [0, 0.05) is 24.7 Å². The lowest BCUT2D eigenvalue weighted by Gasteiger charge is -2.31. The number of benzene rings is 1. The Morgan fingerprint density at radius 3 is 2.54 bits per heavy atom. The molecule has 2 aliphatic heterocycles. The van der Waals surface area contributed by atoms with Gasteiger partial charge >= 0.3 is 6.03 Å². The van der Waals surface area contributed by atoms with Crippen molar-refractivity contribution < 1.29 is 24.0 Å². The number of urea groups is 1. The molecule has 1 aliphatic carbocycles. The van der Waals surface area contributed by atoms with E-state index >= 15 is 0 Å². The first kappa shape index (κ1) is 24.5. The van der Waals surface area contributed by atoms with Crippen LogP contribution in [0.1, 0.15) is 26.7 Å². The van der Waals surface area contributed by atoms with E-state index in [1.165, 1.54) is 4.90 Å². The second-order valence-corrected chi connectivity index (χ2v) is 10.1. The van der Waals surface area contributed by atoms with Crippen LogP contribution in [-0.2, 0) is 19.2 Å². The van der Waals surface area contributed by atoms with Crippen LogP contribution < -0.4 is 27.0 Å². The Morgan fingerprint density at radius 1 is 1.20 bits per heavy atom. The van der Waals surface area contributed by atoms with E-state index in [0.29, 0.717) is 25.2 Å². The smallest absolute Gasteiger partial charge is 0.319 e. The number of carbonyl (C=O) groups excluding carboxylic acids is 5. The summed E-state index contributed by atoms with van der Waals surface area (Å²) in [4.78, 5) is 63.9. The molecule has 2 heterocycles. The predicted octanol–water partition coefficient (Wildman–Crippen LogP) is -0.213. The highest BCUT2D eigenvalue weighted by Gasteiger charge is 2.69. The van der Waals surface area contributed by atoms with Crippen molar-refractivity contribution in [3.05, 3.63) is 30.3 Å². The molecule has 4 rings (SSSR count). The second kappa shape index (κ2) is 9.55. The molecule has 11 nitrogen and oxygen atoms in total. The number of rotatable bonds is 8. The molecular formula is C24H32N6O5. The molecule has 6 N–H and O–H groups in total. The third-order valence-corrected chi connectivity index (χ3v) is 7.57. The molecule has 188 valence electrons. The van der Waals surface area contributed by atoms with Crippen molar-refractivity contribution in [3.63, 3.8) is 0 Å². The van der Waals surface area contributed by atoms with Gasteiger partial charge in [-0.1, -0.05) is 32.0 Å². The zero-order valence-corrected chi connectivity index (χ0v) is 19.9. The molecule has 1 aromatic carbocycles. The first-order valence-electron chi connectivity index (χ1n) is 11.9. The number of hydrogen-bond acceptors (Lipinski definition) is 5. The quantitative estimate of drug-likeness (QED) is 0.344. The van der Waals surface area contributed by atoms with Crippen LogP contribution in [0.15, 0.2) is 30.3 Å². The van der Waals surface area contributed by atoms with Gasteiger partial charge in [-0.05, 0) is 42.2 Å². The molecule has 3 fully saturated rings. The molecule has 5 atom stereocenters. The van der Waals surface area contributed by atoms with Gasteiger partial charge in [0.15, 0.2) is 0 Å². The van der Waals surface area contributed by atoms with Crippen LogP contribution in [0.2, 0.25) is 0 Å². The van der Waals surface area contributed by atoms with Crippen molar-refractivity contribution >= 4 is 35.3 Å². The lowest BCUT2D eigenvalue weighted by Crippen LogP contribution is -2.56. The molecule has 0 bridgehead atoms. The molecule has 0 radical (unpaired) electrons. The number of fused-ring (bicyclic) bond motifs is 1. The molecule has 3 aliphatic rings. The van der Waals surface area contributed by atoms with Crippen LogP contribution in [0.5, 0.6) is 0 Å². The summed E-state index contributed by atoms with van der Waals surface area (Å²) in [6.07, 6.45) is 0.688. The van der Waals surface area contributed by atoms with Crippen molar-refractivity contribution in [2.45, 2.75) is 38.8 Å². The SMILES string of the molecule is CC1(C)[C@@H]2[C@@H](C(=O)N[C@@H](C[C@@H]3CCNC3=O)C(N)=O)N(C(=O)CNC(=O)Nc3ccccc3)C[C@@H]21. The normalized spacial score (nSPS) is 26.8. The van der Waals surface area contributed by atoms with Crippen LogP contribution in [0.25, 0.3) is 0 Å². The number of amides is 6. The maximum Gasteiger partial charge on any atom is 0.319 e. The fraction of sp³-hybridized carbons (Fsp3) is 0.542. The number of hydrogen-bond donors (Lipinski definition) is 5. The topological polar surface area (TPSA) is 163 Å². The molecule has 35 heavy (non-hydrogen) atoms. The van der Waals surface area contributed by atoms with Crippen LogP contribution >= 0.6 is 0 Å². The molecule has 11 heteroatoms. The highest BCUT2D eigenvalue weighted by Crippen LogP contribution is 2.64. The number of carbonyl (C=O) groups is 5. The van der Waals surface area contributed by atoms with Gasteiger partial charge in [-0.3, -0.25) is 19.2 Å². The summed E-state index contributed by atoms with van der Waals surface area (Å²) in [5.41, 5.74) is 5.99. The van der Waals surface area contributed by atoms with Gasteiger partial charge in [-0.25, -0.2) is 4.79 Å². The molecule has 0 aromatic heterocycles. The molecule has 2 saturated heterocycles. The maximum atomic E-state index is 13.3. The Kier molecular flexibility index (Phi) is 6.68. The third kappa shape index (κ3) is 5.08. The highest BCUT2D eigenvalue weighted by molar-refractivity contribution is 5.96. The van der Waals surface area contributed by atoms with Crippen molar-refractivity contribution in [1.29, 1.82) is 0 Å². The number of primary amides is 1. The van der Waals surface area contributed by atoms with E-state index in [-0.39, 0.29) is 42.0 Å². The van der Waals surface area contributed by atoms with Crippen molar-refractivity contribution in [1.82, 2.24) is 20.9 Å². The van der Waals surface area contributed by atoms with Gasteiger partial charge in [0.25, 0.3) is 0 Å². The van der Waals surface area contributed by atoms with Gasteiger partial charge in [-0.2, -0.15) is 0 Å². The molecule has 0 spiro atoms. The van der Waals surface area contributed by atoms with Crippen molar-refractivity contribution in [2.75, 3.05) is 25.0 Å². The summed E-state index contributed by atoms with van der Waals surface area (Å²) in [6.45, 7) is 4.73.